The maximum absolute atomic E-state index is 14.8. The van der Waals surface area contributed by atoms with E-state index >= 15 is 0 Å². The minimum Gasteiger partial charge on any atom is -0.507 e. The number of likely N-dealkylation sites (N-methyl/N-ethyl adjacent to an activating group) is 1. The minimum absolute atomic E-state index is 0.0496. The fourth-order valence-corrected chi connectivity index (χ4v) is 9.23. The molecule has 2 aromatic rings. The average Bonchev–Trinajstić information content (AvgIpc) is 3.68. The summed E-state index contributed by atoms with van der Waals surface area (Å²) < 4.78 is 24.0. The number of phenols is 2. The largest absolute Gasteiger partial charge is 0.507 e. The minimum atomic E-state index is -1.95. The Morgan fingerprint density at radius 3 is 2.33 bits per heavy atom. The standard InChI is InChI=1S/C45H60N4O11/c1-21-12-11-13-22(2)44(56)48-36-35-34(47-20-29-15-14-28(49(29)9)16-18-46-35)31-32(40(36)54)39(53)26(6)42-33(31)43(55)45(8,60-42)58-19-17-30(57-10)23(3)41(59-27(7)50)25(5)38(52)24(4)37(21)51/h11-13,17,19,21,23-25,28-30,37-38,41,47,51-54H,14-16,18,20H2,1-10H3/b12-11+,19-17+,22-13-,46-35?,48-36?/t21-,23+,24+,25+,28?,29-,30-,37-,38+,41+,45-/m0/s1. The molecule has 1 fully saturated rings. The van der Waals surface area contributed by atoms with Gasteiger partial charge in [-0.05, 0) is 46.2 Å². The Hall–Kier alpha value is -4.83. The van der Waals surface area contributed by atoms with Crippen molar-refractivity contribution in [1.82, 2.24) is 4.90 Å². The van der Waals surface area contributed by atoms with Crippen LogP contribution in [0, 0.1) is 30.6 Å². The first-order chi connectivity index (χ1) is 28.3. The number of aromatic hydroxyl groups is 2. The quantitative estimate of drug-likeness (QED) is 0.213. The summed E-state index contributed by atoms with van der Waals surface area (Å²) in [6.45, 7) is 13.6. The predicted molar refractivity (Wildman–Crippen MR) is 223 cm³/mol. The number of ketones is 1. The molecule has 0 aliphatic carbocycles. The van der Waals surface area contributed by atoms with Gasteiger partial charge in [0, 0.05) is 86.3 Å². The zero-order chi connectivity index (χ0) is 44.0. The molecule has 4 aliphatic rings. The third-order valence-electron chi connectivity index (χ3n) is 13.2. The van der Waals surface area contributed by atoms with Gasteiger partial charge in [0.1, 0.15) is 28.3 Å². The number of hydrogen-bond acceptors (Lipinski definition) is 14. The molecule has 6 bridgehead atoms. The van der Waals surface area contributed by atoms with Gasteiger partial charge in [-0.15, -0.1) is 0 Å². The lowest BCUT2D eigenvalue weighted by Crippen LogP contribution is -2.46. The van der Waals surface area contributed by atoms with Gasteiger partial charge in [0.15, 0.2) is 5.75 Å². The molecule has 0 radical (unpaired) electrons. The third-order valence-corrected chi connectivity index (χ3v) is 13.2. The van der Waals surface area contributed by atoms with E-state index in [-0.39, 0.29) is 61.8 Å². The number of hydrogen-bond donors (Lipinski definition) is 5. The normalized spacial score (nSPS) is 34.9. The second-order valence-corrected chi connectivity index (χ2v) is 17.1. The van der Waals surface area contributed by atoms with Gasteiger partial charge >= 0.3 is 11.8 Å². The molecule has 0 aromatic heterocycles. The summed E-state index contributed by atoms with van der Waals surface area (Å²) in [7, 11) is 3.55. The molecule has 4 heterocycles. The molecule has 2 aromatic carbocycles. The van der Waals surface area contributed by atoms with E-state index < -0.39 is 77.3 Å². The van der Waals surface area contributed by atoms with Crippen LogP contribution in [0.2, 0.25) is 0 Å². The van der Waals surface area contributed by atoms with Gasteiger partial charge in [0.25, 0.3) is 11.7 Å². The number of nitrogens with one attached hydrogen (secondary N) is 1. The molecular formula is C45H60N4O11. The number of rotatable bonds is 2. The number of benzene rings is 2. The molecule has 6 rings (SSSR count). The van der Waals surface area contributed by atoms with Crippen LogP contribution in [0.3, 0.4) is 0 Å². The Bertz CT molecular complexity index is 2250. The van der Waals surface area contributed by atoms with Gasteiger partial charge in [0.2, 0.25) is 0 Å². The van der Waals surface area contributed by atoms with Crippen LogP contribution in [0.15, 0.2) is 46.1 Å². The van der Waals surface area contributed by atoms with Crippen molar-refractivity contribution in [3.8, 4) is 17.2 Å². The lowest BCUT2D eigenvalue weighted by molar-refractivity contribution is -0.160. The molecule has 15 heteroatoms. The zero-order valence-electron chi connectivity index (χ0n) is 36.2. The van der Waals surface area contributed by atoms with Crippen LogP contribution in [0.25, 0.3) is 10.8 Å². The monoisotopic (exact) mass is 832 g/mol. The summed E-state index contributed by atoms with van der Waals surface area (Å²) >= 11 is 0. The van der Waals surface area contributed by atoms with Crippen LogP contribution in [-0.2, 0) is 23.8 Å². The van der Waals surface area contributed by atoms with Crippen LogP contribution in [-0.4, -0.2) is 113 Å². The highest BCUT2D eigenvalue weighted by Crippen LogP contribution is 2.50. The number of nitrogens with zero attached hydrogens (tertiary/aromatic N) is 3. The number of anilines is 1. The number of methoxy groups -OCH3 is 1. The number of aliphatic hydroxyl groups is 2. The first-order valence-corrected chi connectivity index (χ1v) is 20.8. The SMILES string of the molecule is CO[C@H]1/C=C/O[C@@]2(C)Oc3c(C)c(O)c4c(O)c(c5c(c4c3C2=O)NC[C@@H]2CCC(CCN=5)N2C)=NC(=O)/C(C)=C\C=C\[C@H](C)[C@H](O)[C@@H](C)[C@@H](O)[C@@H](C)[C@H](OC(C)=O)[C@@H]1C. The average molecular weight is 833 g/mol. The number of phenolic OH excluding ortho intramolecular Hbond substituents is 2. The summed E-state index contributed by atoms with van der Waals surface area (Å²) in [5.74, 6) is -7.04. The molecule has 0 saturated carbocycles. The molecule has 5 N–H and O–H groups in total. The van der Waals surface area contributed by atoms with Gasteiger partial charge in [-0.25, -0.2) is 4.99 Å². The molecule has 1 unspecified atom stereocenters. The van der Waals surface area contributed by atoms with Crippen molar-refractivity contribution < 1.29 is 53.8 Å². The van der Waals surface area contributed by atoms with E-state index in [2.05, 4.69) is 22.3 Å². The molecule has 326 valence electrons. The molecule has 1 amide bonds. The van der Waals surface area contributed by atoms with Gasteiger partial charge in [-0.3, -0.25) is 24.3 Å². The van der Waals surface area contributed by atoms with Gasteiger partial charge in [-0.2, -0.15) is 0 Å². The Morgan fingerprint density at radius 2 is 1.65 bits per heavy atom. The lowest BCUT2D eigenvalue weighted by atomic mass is 9.78. The molecular weight excluding hydrogens is 773 g/mol. The number of carbonyl (C=O) groups is 3. The van der Waals surface area contributed by atoms with Crippen LogP contribution in [0.5, 0.6) is 17.2 Å². The molecule has 4 aliphatic heterocycles. The first-order valence-electron chi connectivity index (χ1n) is 20.8. The Balaban J connectivity index is 1.59. The third kappa shape index (κ3) is 8.16. The number of ether oxygens (including phenoxy) is 4. The maximum atomic E-state index is 14.8. The number of aliphatic hydroxyl groups excluding tert-OH is 2. The molecule has 60 heavy (non-hydrogen) atoms. The van der Waals surface area contributed by atoms with Crippen molar-refractivity contribution in [2.24, 2.45) is 33.7 Å². The second kappa shape index (κ2) is 17.6. The van der Waals surface area contributed by atoms with Crippen molar-refractivity contribution in [2.45, 2.75) is 117 Å². The first kappa shape index (κ1) is 44.7. The fourth-order valence-electron chi connectivity index (χ4n) is 9.23. The number of carbonyl (C=O) groups excluding carboxylic acids is 3. The summed E-state index contributed by atoms with van der Waals surface area (Å²) in [5, 5.41) is 50.5. The van der Waals surface area contributed by atoms with Crippen molar-refractivity contribution in [1.29, 1.82) is 0 Å². The van der Waals surface area contributed by atoms with Crippen LogP contribution in [0.1, 0.15) is 83.7 Å². The summed E-state index contributed by atoms with van der Waals surface area (Å²) in [5.41, 5.74) is 0.718. The zero-order valence-corrected chi connectivity index (χ0v) is 36.2. The van der Waals surface area contributed by atoms with Crippen molar-refractivity contribution in [3.05, 3.63) is 58.0 Å². The number of allylic oxidation sites excluding steroid dienone is 2. The van der Waals surface area contributed by atoms with Crippen molar-refractivity contribution in [3.63, 3.8) is 0 Å². The maximum Gasteiger partial charge on any atom is 0.312 e. The van der Waals surface area contributed by atoms with E-state index in [1.54, 1.807) is 65.8 Å². The van der Waals surface area contributed by atoms with E-state index in [1.165, 1.54) is 27.2 Å². The van der Waals surface area contributed by atoms with E-state index in [4.69, 9.17) is 23.9 Å². The second-order valence-electron chi connectivity index (χ2n) is 17.1. The van der Waals surface area contributed by atoms with Gasteiger partial charge in [-0.1, -0.05) is 45.9 Å². The number of esters is 1. The van der Waals surface area contributed by atoms with E-state index in [1.807, 2.05) is 0 Å². The molecule has 15 nitrogen and oxygen atoms in total. The highest BCUT2D eigenvalue weighted by Gasteiger charge is 2.50. The van der Waals surface area contributed by atoms with Crippen LogP contribution < -0.4 is 20.8 Å². The van der Waals surface area contributed by atoms with Crippen LogP contribution >= 0.6 is 0 Å². The number of amides is 1. The summed E-state index contributed by atoms with van der Waals surface area (Å²) in [4.78, 5) is 52.7. The molecule has 1 saturated heterocycles. The van der Waals surface area contributed by atoms with Crippen molar-refractivity contribution >= 4 is 34.1 Å². The van der Waals surface area contributed by atoms with Crippen molar-refractivity contribution in [2.75, 3.05) is 32.6 Å². The van der Waals surface area contributed by atoms with E-state index in [0.29, 0.717) is 25.2 Å². The Kier molecular flexibility index (Phi) is 13.1. The highest BCUT2D eigenvalue weighted by atomic mass is 16.7. The van der Waals surface area contributed by atoms with Gasteiger partial charge < -0.3 is 44.7 Å². The Morgan fingerprint density at radius 1 is 0.950 bits per heavy atom. The molecule has 0 spiro atoms. The van der Waals surface area contributed by atoms with Crippen LogP contribution in [0.4, 0.5) is 5.69 Å². The Labute approximate surface area is 350 Å². The topological polar surface area (TPSA) is 209 Å². The van der Waals surface area contributed by atoms with E-state index in [0.717, 1.165) is 12.8 Å². The number of Topliss-reactive ketones (excluding diaryl/α,β-unsaturated/α-hetero) is 1. The summed E-state index contributed by atoms with van der Waals surface area (Å²) in [6.07, 6.45) is 6.51. The number of fused-ring (bicyclic) bond motifs is 3. The molecule has 11 atom stereocenters. The smallest absolute Gasteiger partial charge is 0.312 e. The van der Waals surface area contributed by atoms with E-state index in [9.17, 15) is 34.8 Å². The summed E-state index contributed by atoms with van der Waals surface area (Å²) in [6, 6.07) is 0.415. The van der Waals surface area contributed by atoms with Gasteiger partial charge in [0.05, 0.1) is 41.2 Å². The lowest BCUT2D eigenvalue weighted by Gasteiger charge is -2.38. The predicted octanol–water partition coefficient (Wildman–Crippen LogP) is 4.15. The highest BCUT2D eigenvalue weighted by molar-refractivity contribution is 6.21. The fraction of sp³-hybridized carbons (Fsp3) is 0.578.